The molecule has 0 aromatic heterocycles. The van der Waals surface area contributed by atoms with Crippen LogP contribution >= 0.6 is 12.6 Å². The van der Waals surface area contributed by atoms with E-state index in [0.29, 0.717) is 23.5 Å². The minimum atomic E-state index is -0.559. The topological polar surface area (TPSA) is 67.9 Å². The van der Waals surface area contributed by atoms with Gasteiger partial charge >= 0.3 is 5.97 Å². The SMILES string of the molecule is COC(=O)C(CCS)N[C@@H]1C=CC=CN1C(=O)c1ccccc1OC. The van der Waals surface area contributed by atoms with Crippen molar-refractivity contribution in [2.75, 3.05) is 20.0 Å². The Morgan fingerprint density at radius 3 is 2.72 bits per heavy atom. The van der Waals surface area contributed by atoms with E-state index in [2.05, 4.69) is 17.9 Å². The Morgan fingerprint density at radius 1 is 1.28 bits per heavy atom. The number of carbonyl (C=O) groups excluding carboxylic acids is 2. The van der Waals surface area contributed by atoms with E-state index in [4.69, 9.17) is 9.47 Å². The first-order valence-corrected chi connectivity index (χ1v) is 8.51. The Kier molecular flexibility index (Phi) is 7.09. The second-order valence-corrected chi connectivity index (χ2v) is 5.79. The fraction of sp³-hybridized carbons (Fsp3) is 0.333. The summed E-state index contributed by atoms with van der Waals surface area (Å²) in [4.78, 5) is 26.4. The molecular weight excluding hydrogens is 340 g/mol. The van der Waals surface area contributed by atoms with E-state index < -0.39 is 12.2 Å². The second kappa shape index (κ2) is 9.29. The van der Waals surface area contributed by atoms with Crippen molar-refractivity contribution in [2.45, 2.75) is 18.6 Å². The number of hydrogen-bond acceptors (Lipinski definition) is 6. The van der Waals surface area contributed by atoms with Gasteiger partial charge in [-0.15, -0.1) is 0 Å². The second-order valence-electron chi connectivity index (χ2n) is 5.34. The Balaban J connectivity index is 2.23. The molecule has 2 atom stereocenters. The molecule has 1 heterocycles. The summed E-state index contributed by atoms with van der Waals surface area (Å²) in [6.07, 6.45) is 7.06. The lowest BCUT2D eigenvalue weighted by Gasteiger charge is -2.32. The fourth-order valence-electron chi connectivity index (χ4n) is 2.53. The van der Waals surface area contributed by atoms with Gasteiger partial charge in [-0.05, 0) is 36.5 Å². The molecule has 0 saturated carbocycles. The third-order valence-electron chi connectivity index (χ3n) is 3.80. The highest BCUT2D eigenvalue weighted by molar-refractivity contribution is 7.80. The number of para-hydroxylation sites is 1. The van der Waals surface area contributed by atoms with Crippen molar-refractivity contribution >= 4 is 24.5 Å². The van der Waals surface area contributed by atoms with Gasteiger partial charge in [0.15, 0.2) is 0 Å². The number of hydrogen-bond donors (Lipinski definition) is 2. The summed E-state index contributed by atoms with van der Waals surface area (Å²) in [6, 6.07) is 6.46. The highest BCUT2D eigenvalue weighted by Gasteiger charge is 2.29. The summed E-state index contributed by atoms with van der Waals surface area (Å²) in [7, 11) is 2.86. The average molecular weight is 362 g/mol. The number of nitrogens with zero attached hydrogens (tertiary/aromatic N) is 1. The molecule has 25 heavy (non-hydrogen) atoms. The van der Waals surface area contributed by atoms with Crippen LogP contribution in [0.4, 0.5) is 0 Å². The lowest BCUT2D eigenvalue weighted by Crippen LogP contribution is -2.52. The summed E-state index contributed by atoms with van der Waals surface area (Å²) in [5, 5.41) is 3.15. The van der Waals surface area contributed by atoms with Crippen molar-refractivity contribution < 1.29 is 19.1 Å². The van der Waals surface area contributed by atoms with Crippen LogP contribution in [0.25, 0.3) is 0 Å². The lowest BCUT2D eigenvalue weighted by atomic mass is 10.1. The van der Waals surface area contributed by atoms with Crippen LogP contribution in [-0.2, 0) is 9.53 Å². The smallest absolute Gasteiger partial charge is 0.322 e. The largest absolute Gasteiger partial charge is 0.496 e. The van der Waals surface area contributed by atoms with Gasteiger partial charge in [-0.1, -0.05) is 18.2 Å². The van der Waals surface area contributed by atoms with Crippen LogP contribution in [0, 0.1) is 0 Å². The molecule has 1 aromatic rings. The quantitative estimate of drug-likeness (QED) is 0.574. The molecule has 0 spiro atoms. The van der Waals surface area contributed by atoms with Crippen LogP contribution < -0.4 is 10.1 Å². The van der Waals surface area contributed by atoms with E-state index in [-0.39, 0.29) is 11.9 Å². The maximum Gasteiger partial charge on any atom is 0.322 e. The summed E-state index contributed by atoms with van der Waals surface area (Å²) in [6.45, 7) is 0. The number of rotatable bonds is 7. The van der Waals surface area contributed by atoms with Gasteiger partial charge in [0.05, 0.1) is 19.8 Å². The van der Waals surface area contributed by atoms with Crippen LogP contribution in [0.5, 0.6) is 5.75 Å². The van der Waals surface area contributed by atoms with Gasteiger partial charge in [0.25, 0.3) is 5.91 Å². The van der Waals surface area contributed by atoms with Crippen LogP contribution in [0.2, 0.25) is 0 Å². The van der Waals surface area contributed by atoms with E-state index in [1.165, 1.54) is 19.1 Å². The molecule has 0 saturated heterocycles. The van der Waals surface area contributed by atoms with Crippen LogP contribution in [-0.4, -0.2) is 49.0 Å². The number of esters is 1. The highest BCUT2D eigenvalue weighted by Crippen LogP contribution is 2.22. The van der Waals surface area contributed by atoms with Gasteiger partial charge in [-0.3, -0.25) is 19.8 Å². The molecule has 134 valence electrons. The molecule has 1 aliphatic heterocycles. The fourth-order valence-corrected chi connectivity index (χ4v) is 2.79. The number of benzene rings is 1. The van der Waals surface area contributed by atoms with Gasteiger partial charge in [-0.2, -0.15) is 12.6 Å². The minimum Gasteiger partial charge on any atom is -0.496 e. The zero-order chi connectivity index (χ0) is 18.2. The monoisotopic (exact) mass is 362 g/mol. The van der Waals surface area contributed by atoms with Crippen molar-refractivity contribution in [1.29, 1.82) is 0 Å². The molecular formula is C18H22N2O4S. The number of allylic oxidation sites excluding steroid dienone is 2. The van der Waals surface area contributed by atoms with Crippen molar-refractivity contribution in [2.24, 2.45) is 0 Å². The minimum absolute atomic E-state index is 0.231. The Morgan fingerprint density at radius 2 is 2.04 bits per heavy atom. The van der Waals surface area contributed by atoms with Crippen LogP contribution in [0.3, 0.4) is 0 Å². The van der Waals surface area contributed by atoms with E-state index >= 15 is 0 Å². The summed E-state index contributed by atoms with van der Waals surface area (Å²) < 4.78 is 10.1. The van der Waals surface area contributed by atoms with E-state index in [9.17, 15) is 9.59 Å². The Bertz CT molecular complexity index is 675. The van der Waals surface area contributed by atoms with Gasteiger partial charge in [-0.25, -0.2) is 0 Å². The number of amides is 1. The standard InChI is InChI=1S/C18H22N2O4S/c1-23-15-8-4-3-7-13(15)17(21)20-11-6-5-9-16(20)19-14(10-12-25)18(22)24-2/h3-9,11,14,16,19,25H,10,12H2,1-2H3/t14?,16-/m0/s1. The number of ether oxygens (including phenoxy) is 2. The molecule has 1 unspecified atom stereocenters. The first kappa shape index (κ1) is 19.1. The summed E-state index contributed by atoms with van der Waals surface area (Å²) >= 11 is 4.18. The normalized spacial score (nSPS) is 17.2. The molecule has 0 aliphatic carbocycles. The number of nitrogens with one attached hydrogen (secondary N) is 1. The van der Waals surface area contributed by atoms with Crippen LogP contribution in [0.1, 0.15) is 16.8 Å². The number of methoxy groups -OCH3 is 2. The Labute approximate surface area is 152 Å². The molecule has 7 heteroatoms. The highest BCUT2D eigenvalue weighted by atomic mass is 32.1. The zero-order valence-electron chi connectivity index (χ0n) is 14.2. The average Bonchev–Trinajstić information content (AvgIpc) is 2.66. The van der Waals surface area contributed by atoms with Gasteiger partial charge in [0.1, 0.15) is 18.0 Å². The van der Waals surface area contributed by atoms with E-state index in [1.807, 2.05) is 12.2 Å². The van der Waals surface area contributed by atoms with Crippen molar-refractivity contribution in [3.8, 4) is 5.75 Å². The molecule has 1 aliphatic rings. The predicted molar refractivity (Wildman–Crippen MR) is 98.6 cm³/mol. The first-order valence-electron chi connectivity index (χ1n) is 7.87. The van der Waals surface area contributed by atoms with E-state index in [0.717, 1.165) is 0 Å². The molecule has 2 rings (SSSR count). The van der Waals surface area contributed by atoms with Crippen molar-refractivity contribution in [1.82, 2.24) is 10.2 Å². The Hall–Kier alpha value is -2.25. The summed E-state index contributed by atoms with van der Waals surface area (Å²) in [5.41, 5.74) is 0.445. The molecule has 0 fully saturated rings. The van der Waals surface area contributed by atoms with Crippen molar-refractivity contribution in [3.05, 3.63) is 54.3 Å². The third-order valence-corrected chi connectivity index (χ3v) is 4.06. The molecule has 0 radical (unpaired) electrons. The maximum absolute atomic E-state index is 13.0. The molecule has 1 amide bonds. The van der Waals surface area contributed by atoms with Gasteiger partial charge < -0.3 is 9.47 Å². The molecule has 1 N–H and O–H groups in total. The number of thiol groups is 1. The van der Waals surface area contributed by atoms with Gasteiger partial charge in [0, 0.05) is 6.20 Å². The molecule has 0 bridgehead atoms. The van der Waals surface area contributed by atoms with Gasteiger partial charge in [0.2, 0.25) is 0 Å². The zero-order valence-corrected chi connectivity index (χ0v) is 15.1. The summed E-state index contributed by atoms with van der Waals surface area (Å²) in [5.74, 6) is 0.389. The maximum atomic E-state index is 13.0. The lowest BCUT2D eigenvalue weighted by molar-refractivity contribution is -0.143. The first-order chi connectivity index (χ1) is 12.1. The van der Waals surface area contributed by atoms with E-state index in [1.54, 1.807) is 36.5 Å². The van der Waals surface area contributed by atoms with Crippen LogP contribution in [0.15, 0.2) is 48.7 Å². The number of carbonyl (C=O) groups is 2. The molecule has 1 aromatic carbocycles. The van der Waals surface area contributed by atoms with Crippen molar-refractivity contribution in [3.63, 3.8) is 0 Å². The third kappa shape index (κ3) is 4.64. The molecule has 6 nitrogen and oxygen atoms in total. The predicted octanol–water partition coefficient (Wildman–Crippen LogP) is 2.00.